The summed E-state index contributed by atoms with van der Waals surface area (Å²) in [5.74, 6) is 0.000805. The number of rotatable bonds is 3. The maximum atomic E-state index is 10.7. The van der Waals surface area contributed by atoms with Gasteiger partial charge in [0.1, 0.15) is 5.15 Å². The molecule has 0 N–H and O–H groups in total. The van der Waals surface area contributed by atoms with Crippen molar-refractivity contribution in [3.8, 4) is 0 Å². The monoisotopic (exact) mass is 230 g/mol. The summed E-state index contributed by atoms with van der Waals surface area (Å²) in [4.78, 5) is 17.5. The van der Waals surface area contributed by atoms with Crippen LogP contribution >= 0.6 is 22.9 Å². The number of allylic oxidation sites excluding steroid dienone is 1. The standard InChI is InChI=1S/C9H11ClN2OS/c1-6(13)4-5-7-8(10)11-9(14-7)12(2)3/h4-5H,1-3H3/b5-4+. The summed E-state index contributed by atoms with van der Waals surface area (Å²) >= 11 is 7.34. The number of ketones is 1. The lowest BCUT2D eigenvalue weighted by Gasteiger charge is -2.04. The first-order valence-corrected chi connectivity index (χ1v) is 5.22. The van der Waals surface area contributed by atoms with Crippen LogP contribution in [0.15, 0.2) is 6.08 Å². The second-order valence-corrected chi connectivity index (χ2v) is 4.36. The number of nitrogens with zero attached hydrogens (tertiary/aromatic N) is 2. The number of hydrogen-bond donors (Lipinski definition) is 0. The van der Waals surface area contributed by atoms with Crippen molar-refractivity contribution in [3.05, 3.63) is 16.1 Å². The Kier molecular flexibility index (Phi) is 3.66. The molecular weight excluding hydrogens is 220 g/mol. The highest BCUT2D eigenvalue weighted by atomic mass is 35.5. The van der Waals surface area contributed by atoms with Gasteiger partial charge in [-0.15, -0.1) is 0 Å². The summed E-state index contributed by atoms with van der Waals surface area (Å²) in [6, 6.07) is 0. The highest BCUT2D eigenvalue weighted by molar-refractivity contribution is 7.17. The fourth-order valence-corrected chi connectivity index (χ4v) is 1.88. The van der Waals surface area contributed by atoms with Crippen LogP contribution in [0.2, 0.25) is 5.15 Å². The summed E-state index contributed by atoms with van der Waals surface area (Å²) in [6.07, 6.45) is 3.17. The molecule has 0 saturated carbocycles. The highest BCUT2D eigenvalue weighted by Crippen LogP contribution is 2.29. The third kappa shape index (κ3) is 2.82. The van der Waals surface area contributed by atoms with Crippen LogP contribution in [0.3, 0.4) is 0 Å². The van der Waals surface area contributed by atoms with Gasteiger partial charge in [0, 0.05) is 14.1 Å². The van der Waals surface area contributed by atoms with Gasteiger partial charge in [0.25, 0.3) is 0 Å². The molecule has 3 nitrogen and oxygen atoms in total. The lowest BCUT2D eigenvalue weighted by Crippen LogP contribution is -2.07. The number of thiazole rings is 1. The molecule has 0 amide bonds. The molecule has 5 heteroatoms. The topological polar surface area (TPSA) is 33.2 Å². The molecule has 1 aromatic heterocycles. The van der Waals surface area contributed by atoms with Gasteiger partial charge in [-0.2, -0.15) is 0 Å². The van der Waals surface area contributed by atoms with Gasteiger partial charge in [0.15, 0.2) is 10.9 Å². The Balaban J connectivity index is 2.93. The third-order valence-electron chi connectivity index (χ3n) is 1.45. The smallest absolute Gasteiger partial charge is 0.186 e. The Morgan fingerprint density at radius 1 is 1.57 bits per heavy atom. The van der Waals surface area contributed by atoms with Crippen molar-refractivity contribution in [2.24, 2.45) is 0 Å². The third-order valence-corrected chi connectivity index (χ3v) is 3.04. The van der Waals surface area contributed by atoms with Crippen molar-refractivity contribution in [1.82, 2.24) is 4.98 Å². The van der Waals surface area contributed by atoms with Crippen LogP contribution < -0.4 is 4.90 Å². The first kappa shape index (κ1) is 11.2. The molecule has 0 atom stereocenters. The molecule has 14 heavy (non-hydrogen) atoms. The van der Waals surface area contributed by atoms with Crippen molar-refractivity contribution >= 4 is 39.9 Å². The molecular formula is C9H11ClN2OS. The lowest BCUT2D eigenvalue weighted by atomic mass is 10.4. The summed E-state index contributed by atoms with van der Waals surface area (Å²) in [5, 5.41) is 1.27. The van der Waals surface area contributed by atoms with Crippen LogP contribution in [0.1, 0.15) is 11.8 Å². The SMILES string of the molecule is CC(=O)/C=C/c1sc(N(C)C)nc1Cl. The van der Waals surface area contributed by atoms with Crippen molar-refractivity contribution < 1.29 is 4.79 Å². The van der Waals surface area contributed by atoms with Crippen molar-refractivity contribution in [2.75, 3.05) is 19.0 Å². The average Bonchev–Trinajstić information content (AvgIpc) is 2.43. The first-order chi connectivity index (χ1) is 6.50. The molecule has 1 rings (SSSR count). The van der Waals surface area contributed by atoms with Gasteiger partial charge in [-0.05, 0) is 19.1 Å². The van der Waals surface area contributed by atoms with E-state index in [1.165, 1.54) is 24.3 Å². The van der Waals surface area contributed by atoms with Gasteiger partial charge in [0.05, 0.1) is 4.88 Å². The second-order valence-electron chi connectivity index (χ2n) is 2.99. The Labute approximate surface area is 92.0 Å². The van der Waals surface area contributed by atoms with E-state index in [1.54, 1.807) is 6.08 Å². The molecule has 0 bridgehead atoms. The van der Waals surface area contributed by atoms with Crippen molar-refractivity contribution in [1.29, 1.82) is 0 Å². The van der Waals surface area contributed by atoms with E-state index in [0.29, 0.717) is 5.15 Å². The van der Waals surface area contributed by atoms with Gasteiger partial charge in [-0.3, -0.25) is 4.79 Å². The summed E-state index contributed by atoms with van der Waals surface area (Å²) in [7, 11) is 3.79. The zero-order valence-electron chi connectivity index (χ0n) is 8.24. The predicted octanol–water partition coefficient (Wildman–Crippen LogP) is 2.46. The van der Waals surface area contributed by atoms with Crippen LogP contribution in [-0.2, 0) is 4.79 Å². The number of carbonyl (C=O) groups excluding carboxylic acids is 1. The van der Waals surface area contributed by atoms with E-state index < -0.39 is 0 Å². The van der Waals surface area contributed by atoms with Crippen LogP contribution in [0.5, 0.6) is 0 Å². The van der Waals surface area contributed by atoms with Gasteiger partial charge >= 0.3 is 0 Å². The van der Waals surface area contributed by atoms with Crippen LogP contribution in [0.25, 0.3) is 6.08 Å². The van der Waals surface area contributed by atoms with E-state index >= 15 is 0 Å². The van der Waals surface area contributed by atoms with Gasteiger partial charge in [0.2, 0.25) is 0 Å². The van der Waals surface area contributed by atoms with Gasteiger partial charge in [-0.25, -0.2) is 4.98 Å². The minimum Gasteiger partial charge on any atom is -0.354 e. The maximum absolute atomic E-state index is 10.7. The van der Waals surface area contributed by atoms with Crippen LogP contribution in [-0.4, -0.2) is 24.9 Å². The van der Waals surface area contributed by atoms with E-state index in [2.05, 4.69) is 4.98 Å². The molecule has 0 aliphatic carbocycles. The second kappa shape index (κ2) is 4.57. The Morgan fingerprint density at radius 2 is 2.21 bits per heavy atom. The molecule has 0 spiro atoms. The molecule has 1 aromatic rings. The molecule has 76 valence electrons. The summed E-state index contributed by atoms with van der Waals surface area (Å²) in [5.41, 5.74) is 0. The van der Waals surface area contributed by atoms with Crippen molar-refractivity contribution in [2.45, 2.75) is 6.92 Å². The fraction of sp³-hybridized carbons (Fsp3) is 0.333. The van der Waals surface area contributed by atoms with E-state index in [-0.39, 0.29) is 5.78 Å². The van der Waals surface area contributed by atoms with Gasteiger partial charge in [-0.1, -0.05) is 22.9 Å². The molecule has 0 aromatic carbocycles. The molecule has 0 radical (unpaired) electrons. The van der Waals surface area contributed by atoms with E-state index in [4.69, 9.17) is 11.6 Å². The lowest BCUT2D eigenvalue weighted by molar-refractivity contribution is -0.112. The zero-order valence-corrected chi connectivity index (χ0v) is 9.82. The van der Waals surface area contributed by atoms with Crippen LogP contribution in [0.4, 0.5) is 5.13 Å². The Bertz CT molecular complexity index is 371. The highest BCUT2D eigenvalue weighted by Gasteiger charge is 2.07. The zero-order chi connectivity index (χ0) is 10.7. The largest absolute Gasteiger partial charge is 0.354 e. The quantitative estimate of drug-likeness (QED) is 0.748. The minimum atomic E-state index is 0.000805. The normalized spacial score (nSPS) is 10.9. The van der Waals surface area contributed by atoms with E-state index in [1.807, 2.05) is 19.0 Å². The molecule has 0 fully saturated rings. The summed E-state index contributed by atoms with van der Waals surface area (Å²) in [6.45, 7) is 1.50. The maximum Gasteiger partial charge on any atom is 0.186 e. The van der Waals surface area contributed by atoms with Crippen LogP contribution in [0, 0.1) is 0 Å². The first-order valence-electron chi connectivity index (χ1n) is 4.03. The number of aromatic nitrogens is 1. The number of anilines is 1. The number of halogens is 1. The van der Waals surface area contributed by atoms with Gasteiger partial charge < -0.3 is 4.90 Å². The number of carbonyl (C=O) groups is 1. The molecule has 1 heterocycles. The summed E-state index contributed by atoms with van der Waals surface area (Å²) < 4.78 is 0. The fourth-order valence-electron chi connectivity index (χ4n) is 0.789. The van der Waals surface area contributed by atoms with Crippen molar-refractivity contribution in [3.63, 3.8) is 0 Å². The average molecular weight is 231 g/mol. The minimum absolute atomic E-state index is 0.000805. The predicted molar refractivity (Wildman–Crippen MR) is 61.2 cm³/mol. The Hall–Kier alpha value is -0.870. The Morgan fingerprint density at radius 3 is 2.64 bits per heavy atom. The van der Waals surface area contributed by atoms with E-state index in [9.17, 15) is 4.79 Å². The molecule has 0 aliphatic heterocycles. The molecule has 0 aliphatic rings. The number of hydrogen-bond acceptors (Lipinski definition) is 4. The molecule has 0 saturated heterocycles. The molecule has 0 unspecified atom stereocenters. The van der Waals surface area contributed by atoms with E-state index in [0.717, 1.165) is 10.0 Å².